The van der Waals surface area contributed by atoms with Gasteiger partial charge in [0.05, 0.1) is 19.1 Å². The lowest BCUT2D eigenvalue weighted by molar-refractivity contribution is -0.122. The van der Waals surface area contributed by atoms with Gasteiger partial charge in [0.15, 0.2) is 16.5 Å². The standard InChI is InChI=1S/C31H36N8O7S/c1-20(2)26-28-34-27(21-9-6-5-7-10-21)35-39(28)15-16-46-23-12-8-11-22(17-23)29(41)32-13-14-38(19-25(40)33-26)47(44,45)24-18-36(3)31(43)37(4)30(24)42/h5-12,17-18,20,26H,13-16,19H2,1-4H3,(H,32,41)(H,33,40)/t26-/m0/s1. The molecule has 0 unspecified atom stereocenters. The van der Waals surface area contributed by atoms with Gasteiger partial charge in [0.1, 0.15) is 12.4 Å². The molecule has 0 saturated carbocycles. The fourth-order valence-electron chi connectivity index (χ4n) is 5.12. The number of amides is 2. The van der Waals surface area contributed by atoms with E-state index in [1.807, 2.05) is 44.2 Å². The number of sulfonamides is 1. The van der Waals surface area contributed by atoms with Gasteiger partial charge in [-0.15, -0.1) is 0 Å². The predicted molar refractivity (Wildman–Crippen MR) is 171 cm³/mol. The molecule has 16 heteroatoms. The van der Waals surface area contributed by atoms with E-state index < -0.39 is 50.6 Å². The van der Waals surface area contributed by atoms with E-state index >= 15 is 0 Å². The quantitative estimate of drug-likeness (QED) is 0.317. The Balaban J connectivity index is 1.57. The molecule has 5 rings (SSSR count). The first-order valence-electron chi connectivity index (χ1n) is 14.9. The second-order valence-electron chi connectivity index (χ2n) is 11.4. The molecule has 0 spiro atoms. The van der Waals surface area contributed by atoms with Crippen molar-refractivity contribution in [2.45, 2.75) is 31.3 Å². The molecular formula is C31H36N8O7S. The van der Waals surface area contributed by atoms with Crippen molar-refractivity contribution in [3.8, 4) is 17.1 Å². The molecule has 47 heavy (non-hydrogen) atoms. The van der Waals surface area contributed by atoms with Gasteiger partial charge < -0.3 is 19.9 Å². The maximum absolute atomic E-state index is 13.9. The third kappa shape index (κ3) is 7.18. The Kier molecular flexibility index (Phi) is 9.72. The molecule has 2 aromatic heterocycles. The molecule has 1 atom stereocenters. The molecule has 4 aromatic rings. The van der Waals surface area contributed by atoms with Gasteiger partial charge in [-0.25, -0.2) is 22.9 Å². The molecule has 0 aliphatic carbocycles. The van der Waals surface area contributed by atoms with Gasteiger partial charge in [-0.1, -0.05) is 50.2 Å². The number of aryl methyl sites for hydroxylation is 1. The molecule has 1 aliphatic rings. The Labute approximate surface area is 270 Å². The van der Waals surface area contributed by atoms with Gasteiger partial charge in [-0.3, -0.25) is 19.0 Å². The number of ether oxygens (including phenoxy) is 1. The number of hydrogen-bond acceptors (Lipinski definition) is 9. The average Bonchev–Trinajstić information content (AvgIpc) is 3.47. The van der Waals surface area contributed by atoms with Crippen LogP contribution < -0.4 is 26.6 Å². The van der Waals surface area contributed by atoms with Gasteiger partial charge in [0.2, 0.25) is 5.91 Å². The Morgan fingerprint density at radius 2 is 1.68 bits per heavy atom. The molecule has 2 amide bonds. The van der Waals surface area contributed by atoms with Crippen LogP contribution in [0.3, 0.4) is 0 Å². The minimum absolute atomic E-state index is 0.176. The monoisotopic (exact) mass is 664 g/mol. The molecule has 0 saturated heterocycles. The molecule has 15 nitrogen and oxygen atoms in total. The van der Waals surface area contributed by atoms with Crippen LogP contribution in [0.15, 0.2) is 75.3 Å². The summed E-state index contributed by atoms with van der Waals surface area (Å²) >= 11 is 0. The average molecular weight is 665 g/mol. The maximum Gasteiger partial charge on any atom is 0.330 e. The van der Waals surface area contributed by atoms with Crippen LogP contribution in [0.2, 0.25) is 0 Å². The van der Waals surface area contributed by atoms with E-state index in [1.165, 1.54) is 14.1 Å². The summed E-state index contributed by atoms with van der Waals surface area (Å²) in [6.07, 6.45) is 0.926. The number of carbonyl (C=O) groups is 2. The highest BCUT2D eigenvalue weighted by atomic mass is 32.2. The highest BCUT2D eigenvalue weighted by Gasteiger charge is 2.33. The van der Waals surface area contributed by atoms with Crippen molar-refractivity contribution in [3.63, 3.8) is 0 Å². The van der Waals surface area contributed by atoms with Crippen molar-refractivity contribution in [1.82, 2.24) is 38.8 Å². The fourth-order valence-corrected chi connectivity index (χ4v) is 6.66. The third-order valence-corrected chi connectivity index (χ3v) is 9.49. The lowest BCUT2D eigenvalue weighted by Crippen LogP contribution is -2.48. The zero-order chi connectivity index (χ0) is 33.9. The van der Waals surface area contributed by atoms with Gasteiger partial charge in [-0.2, -0.15) is 9.40 Å². The number of carbonyl (C=O) groups excluding carboxylic acids is 2. The van der Waals surface area contributed by atoms with Crippen molar-refractivity contribution < 1.29 is 22.7 Å². The highest BCUT2D eigenvalue weighted by molar-refractivity contribution is 7.89. The van der Waals surface area contributed by atoms with E-state index in [1.54, 1.807) is 28.9 Å². The van der Waals surface area contributed by atoms with E-state index in [0.29, 0.717) is 22.0 Å². The molecule has 2 bridgehead atoms. The minimum Gasteiger partial charge on any atom is -0.492 e. The second-order valence-corrected chi connectivity index (χ2v) is 13.3. The summed E-state index contributed by atoms with van der Waals surface area (Å²) in [5.74, 6) is -0.0648. The summed E-state index contributed by atoms with van der Waals surface area (Å²) < 4.78 is 37.9. The fraction of sp³-hybridized carbons (Fsp3) is 0.355. The van der Waals surface area contributed by atoms with Gasteiger partial charge in [-0.05, 0) is 24.1 Å². The lowest BCUT2D eigenvalue weighted by atomic mass is 10.0. The number of nitrogens with one attached hydrogen (secondary N) is 2. The Morgan fingerprint density at radius 1 is 0.957 bits per heavy atom. The second kappa shape index (κ2) is 13.7. The largest absolute Gasteiger partial charge is 0.492 e. The van der Waals surface area contributed by atoms with E-state index in [2.05, 4.69) is 10.6 Å². The SMILES string of the molecule is CC(C)[C@@H]1NC(=O)CN(S(=O)(=O)c2cn(C)c(=O)n(C)c2=O)CCNC(=O)c2cccc(c2)OCCn2nc(-c3ccccc3)nc21. The summed E-state index contributed by atoms with van der Waals surface area (Å²) in [6, 6.07) is 15.2. The topological polar surface area (TPSA) is 180 Å². The smallest absolute Gasteiger partial charge is 0.330 e. The Morgan fingerprint density at radius 3 is 2.40 bits per heavy atom. The molecular weight excluding hydrogens is 628 g/mol. The zero-order valence-corrected chi connectivity index (χ0v) is 27.2. The molecule has 248 valence electrons. The van der Waals surface area contributed by atoms with Crippen LogP contribution in [-0.2, 0) is 35.5 Å². The first-order valence-corrected chi connectivity index (χ1v) is 16.4. The summed E-state index contributed by atoms with van der Waals surface area (Å²) in [5.41, 5.74) is -0.718. The minimum atomic E-state index is -4.64. The molecule has 2 aromatic carbocycles. The van der Waals surface area contributed by atoms with E-state index in [-0.39, 0.29) is 37.7 Å². The molecule has 0 fully saturated rings. The van der Waals surface area contributed by atoms with Crippen LogP contribution in [0.5, 0.6) is 5.75 Å². The lowest BCUT2D eigenvalue weighted by Gasteiger charge is -2.25. The molecule has 2 N–H and O–H groups in total. The summed E-state index contributed by atoms with van der Waals surface area (Å²) in [6.45, 7) is 2.96. The zero-order valence-electron chi connectivity index (χ0n) is 26.4. The van der Waals surface area contributed by atoms with Crippen LogP contribution in [-0.4, -0.2) is 74.7 Å². The number of nitrogens with zero attached hydrogens (tertiary/aromatic N) is 6. The Hall–Kier alpha value is -5.09. The summed E-state index contributed by atoms with van der Waals surface area (Å²) in [4.78, 5) is 56.0. The predicted octanol–water partition coefficient (Wildman–Crippen LogP) is 0.669. The first-order chi connectivity index (χ1) is 22.4. The normalized spacial score (nSPS) is 16.9. The van der Waals surface area contributed by atoms with Crippen molar-refractivity contribution in [3.05, 3.63) is 93.0 Å². The number of hydrogen-bond donors (Lipinski definition) is 2. The molecule has 0 radical (unpaired) electrons. The van der Waals surface area contributed by atoms with Gasteiger partial charge in [0.25, 0.3) is 21.5 Å². The van der Waals surface area contributed by atoms with E-state index in [9.17, 15) is 27.6 Å². The van der Waals surface area contributed by atoms with E-state index in [0.717, 1.165) is 20.6 Å². The number of rotatable bonds is 4. The molecule has 3 heterocycles. The number of benzene rings is 2. The van der Waals surface area contributed by atoms with Crippen LogP contribution in [0, 0.1) is 5.92 Å². The van der Waals surface area contributed by atoms with Crippen LogP contribution in [0.25, 0.3) is 11.4 Å². The maximum atomic E-state index is 13.9. The van der Waals surface area contributed by atoms with Gasteiger partial charge in [0, 0.05) is 44.5 Å². The van der Waals surface area contributed by atoms with Crippen LogP contribution in [0.4, 0.5) is 0 Å². The Bertz CT molecular complexity index is 2020. The van der Waals surface area contributed by atoms with Crippen molar-refractivity contribution >= 4 is 21.8 Å². The number of fused-ring (bicyclic) bond motifs is 3. The van der Waals surface area contributed by atoms with Gasteiger partial charge >= 0.3 is 5.69 Å². The van der Waals surface area contributed by atoms with Crippen molar-refractivity contribution in [2.75, 3.05) is 26.2 Å². The summed E-state index contributed by atoms with van der Waals surface area (Å²) in [5, 5.41) is 10.3. The van der Waals surface area contributed by atoms with Crippen LogP contribution in [0.1, 0.15) is 36.1 Å². The van der Waals surface area contributed by atoms with Crippen LogP contribution >= 0.6 is 0 Å². The molecule has 1 aliphatic heterocycles. The van der Waals surface area contributed by atoms with Crippen molar-refractivity contribution in [2.24, 2.45) is 20.0 Å². The van der Waals surface area contributed by atoms with E-state index in [4.69, 9.17) is 14.8 Å². The number of aromatic nitrogens is 5. The first kappa shape index (κ1) is 33.3. The third-order valence-electron chi connectivity index (χ3n) is 7.66. The highest BCUT2D eigenvalue weighted by Crippen LogP contribution is 2.25. The van der Waals surface area contributed by atoms with Crippen molar-refractivity contribution in [1.29, 1.82) is 0 Å². The summed E-state index contributed by atoms with van der Waals surface area (Å²) in [7, 11) is -2.16.